The molecule has 0 aromatic heterocycles. The molecule has 2 aromatic carbocycles. The van der Waals surface area contributed by atoms with Gasteiger partial charge in [0.15, 0.2) is 5.78 Å². The van der Waals surface area contributed by atoms with Crippen LogP contribution in [0.2, 0.25) is 0 Å². The highest BCUT2D eigenvalue weighted by Crippen LogP contribution is 2.21. The fraction of sp³-hybridized carbons (Fsp3) is 0.188. The van der Waals surface area contributed by atoms with Crippen molar-refractivity contribution in [3.63, 3.8) is 0 Å². The molecule has 0 amide bonds. The second-order valence-electron chi connectivity index (χ2n) is 4.19. The second kappa shape index (κ2) is 4.96. The molecule has 0 radical (unpaired) electrons. The molecule has 86 valence electrons. The van der Waals surface area contributed by atoms with Crippen LogP contribution in [0.5, 0.6) is 0 Å². The quantitative estimate of drug-likeness (QED) is 0.717. The minimum Gasteiger partial charge on any atom is -0.295 e. The molecule has 0 aliphatic rings. The van der Waals surface area contributed by atoms with Gasteiger partial charge < -0.3 is 0 Å². The number of hydrogen-bond donors (Lipinski definition) is 0. The SMILES string of the molecule is CCc1cccc(-c2ccc(C(C)=O)cc2)c1. The van der Waals surface area contributed by atoms with E-state index in [9.17, 15) is 4.79 Å². The molecule has 0 atom stereocenters. The van der Waals surface area contributed by atoms with Gasteiger partial charge in [0.25, 0.3) is 0 Å². The Morgan fingerprint density at radius 2 is 1.71 bits per heavy atom. The molecule has 0 unspecified atom stereocenters. The molecule has 0 saturated heterocycles. The highest BCUT2D eigenvalue weighted by atomic mass is 16.1. The van der Waals surface area contributed by atoms with Crippen molar-refractivity contribution in [1.29, 1.82) is 0 Å². The molecule has 0 saturated carbocycles. The number of aryl methyl sites for hydroxylation is 1. The maximum atomic E-state index is 11.2. The van der Waals surface area contributed by atoms with Crippen molar-refractivity contribution >= 4 is 5.78 Å². The van der Waals surface area contributed by atoms with E-state index in [0.717, 1.165) is 17.5 Å². The molecule has 0 heterocycles. The van der Waals surface area contributed by atoms with Gasteiger partial charge >= 0.3 is 0 Å². The molecular formula is C16H16O. The van der Waals surface area contributed by atoms with E-state index in [1.54, 1.807) is 6.92 Å². The summed E-state index contributed by atoms with van der Waals surface area (Å²) in [6.45, 7) is 3.74. The Hall–Kier alpha value is -1.89. The summed E-state index contributed by atoms with van der Waals surface area (Å²) in [5.41, 5.74) is 4.46. The van der Waals surface area contributed by atoms with Crippen molar-refractivity contribution in [3.8, 4) is 11.1 Å². The van der Waals surface area contributed by atoms with E-state index in [1.165, 1.54) is 11.1 Å². The Balaban J connectivity index is 2.36. The molecule has 0 spiro atoms. The molecule has 0 aliphatic heterocycles. The third-order valence-electron chi connectivity index (χ3n) is 2.96. The molecule has 0 fully saturated rings. The maximum absolute atomic E-state index is 11.2. The highest BCUT2D eigenvalue weighted by Gasteiger charge is 2.01. The average Bonchev–Trinajstić information content (AvgIpc) is 2.39. The first kappa shape index (κ1) is 11.6. The minimum atomic E-state index is 0.110. The Labute approximate surface area is 102 Å². The van der Waals surface area contributed by atoms with Gasteiger partial charge in [-0.05, 0) is 30.0 Å². The Kier molecular flexibility index (Phi) is 3.38. The van der Waals surface area contributed by atoms with E-state index in [1.807, 2.05) is 24.3 Å². The molecular weight excluding hydrogens is 208 g/mol. The fourth-order valence-corrected chi connectivity index (χ4v) is 1.87. The molecule has 17 heavy (non-hydrogen) atoms. The van der Waals surface area contributed by atoms with Crippen LogP contribution in [0.1, 0.15) is 29.8 Å². The monoisotopic (exact) mass is 224 g/mol. The summed E-state index contributed by atoms with van der Waals surface area (Å²) in [7, 11) is 0. The van der Waals surface area contributed by atoms with Crippen LogP contribution in [0, 0.1) is 0 Å². The van der Waals surface area contributed by atoms with Crippen LogP contribution >= 0.6 is 0 Å². The third kappa shape index (κ3) is 2.62. The summed E-state index contributed by atoms with van der Waals surface area (Å²) in [5.74, 6) is 0.110. The second-order valence-corrected chi connectivity index (χ2v) is 4.19. The van der Waals surface area contributed by atoms with Gasteiger partial charge in [0.2, 0.25) is 0 Å². The zero-order valence-electron chi connectivity index (χ0n) is 10.2. The van der Waals surface area contributed by atoms with Crippen LogP contribution in [0.3, 0.4) is 0 Å². The molecule has 0 N–H and O–H groups in total. The van der Waals surface area contributed by atoms with Gasteiger partial charge in [0.1, 0.15) is 0 Å². The van der Waals surface area contributed by atoms with Gasteiger partial charge in [-0.1, -0.05) is 55.5 Å². The number of hydrogen-bond acceptors (Lipinski definition) is 1. The minimum absolute atomic E-state index is 0.110. The van der Waals surface area contributed by atoms with Crippen molar-refractivity contribution < 1.29 is 4.79 Å². The van der Waals surface area contributed by atoms with Crippen LogP contribution < -0.4 is 0 Å². The summed E-state index contributed by atoms with van der Waals surface area (Å²) in [4.78, 5) is 11.2. The van der Waals surface area contributed by atoms with Gasteiger partial charge in [0.05, 0.1) is 0 Å². The number of ketones is 1. The lowest BCUT2D eigenvalue weighted by Crippen LogP contribution is -1.91. The summed E-state index contributed by atoms with van der Waals surface area (Å²) >= 11 is 0. The largest absolute Gasteiger partial charge is 0.295 e. The van der Waals surface area contributed by atoms with Gasteiger partial charge in [-0.2, -0.15) is 0 Å². The smallest absolute Gasteiger partial charge is 0.159 e. The highest BCUT2D eigenvalue weighted by molar-refractivity contribution is 5.94. The van der Waals surface area contributed by atoms with Crippen LogP contribution in [0.4, 0.5) is 0 Å². The van der Waals surface area contributed by atoms with E-state index >= 15 is 0 Å². The van der Waals surface area contributed by atoms with Gasteiger partial charge in [0, 0.05) is 5.56 Å². The molecule has 0 bridgehead atoms. The normalized spacial score (nSPS) is 10.2. The molecule has 1 heteroatoms. The predicted octanol–water partition coefficient (Wildman–Crippen LogP) is 4.12. The zero-order chi connectivity index (χ0) is 12.3. The van der Waals surface area contributed by atoms with Crippen molar-refractivity contribution in [3.05, 3.63) is 59.7 Å². The predicted molar refractivity (Wildman–Crippen MR) is 71.3 cm³/mol. The van der Waals surface area contributed by atoms with Crippen molar-refractivity contribution in [2.75, 3.05) is 0 Å². The Morgan fingerprint density at radius 3 is 2.29 bits per heavy atom. The van der Waals surface area contributed by atoms with Crippen LogP contribution in [-0.2, 0) is 6.42 Å². The van der Waals surface area contributed by atoms with Crippen molar-refractivity contribution in [1.82, 2.24) is 0 Å². The molecule has 1 nitrogen and oxygen atoms in total. The van der Waals surface area contributed by atoms with Crippen LogP contribution in [0.25, 0.3) is 11.1 Å². The van der Waals surface area contributed by atoms with Crippen LogP contribution in [-0.4, -0.2) is 5.78 Å². The molecule has 0 aliphatic carbocycles. The Morgan fingerprint density at radius 1 is 1.00 bits per heavy atom. The van der Waals surface area contributed by atoms with Gasteiger partial charge in [-0.25, -0.2) is 0 Å². The standard InChI is InChI=1S/C16H16O/c1-3-13-5-4-6-16(11-13)15-9-7-14(8-10-15)12(2)17/h4-11H,3H2,1-2H3. The number of rotatable bonds is 3. The van der Waals surface area contributed by atoms with Crippen molar-refractivity contribution in [2.24, 2.45) is 0 Å². The summed E-state index contributed by atoms with van der Waals surface area (Å²) in [6, 6.07) is 16.3. The summed E-state index contributed by atoms with van der Waals surface area (Å²) < 4.78 is 0. The Bertz CT molecular complexity index is 523. The topological polar surface area (TPSA) is 17.1 Å². The maximum Gasteiger partial charge on any atom is 0.159 e. The van der Waals surface area contributed by atoms with Gasteiger partial charge in [-0.3, -0.25) is 4.79 Å². The number of carbonyl (C=O) groups excluding carboxylic acids is 1. The number of benzene rings is 2. The molecule has 2 rings (SSSR count). The van der Waals surface area contributed by atoms with E-state index in [2.05, 4.69) is 31.2 Å². The first-order chi connectivity index (χ1) is 8.20. The lowest BCUT2D eigenvalue weighted by atomic mass is 10.0. The van der Waals surface area contributed by atoms with Crippen molar-refractivity contribution in [2.45, 2.75) is 20.3 Å². The zero-order valence-corrected chi connectivity index (χ0v) is 10.2. The summed E-state index contributed by atoms with van der Waals surface area (Å²) in [5, 5.41) is 0. The molecule has 2 aromatic rings. The van der Waals surface area contributed by atoms with E-state index in [-0.39, 0.29) is 5.78 Å². The van der Waals surface area contributed by atoms with Crippen LogP contribution in [0.15, 0.2) is 48.5 Å². The average molecular weight is 224 g/mol. The first-order valence-electron chi connectivity index (χ1n) is 5.91. The lowest BCUT2D eigenvalue weighted by molar-refractivity contribution is 0.101. The number of carbonyl (C=O) groups is 1. The fourth-order valence-electron chi connectivity index (χ4n) is 1.87. The third-order valence-corrected chi connectivity index (χ3v) is 2.96. The summed E-state index contributed by atoms with van der Waals surface area (Å²) in [6.07, 6.45) is 1.04. The van der Waals surface area contributed by atoms with Gasteiger partial charge in [-0.15, -0.1) is 0 Å². The first-order valence-corrected chi connectivity index (χ1v) is 5.91. The van der Waals surface area contributed by atoms with E-state index in [4.69, 9.17) is 0 Å². The van der Waals surface area contributed by atoms with E-state index < -0.39 is 0 Å². The number of Topliss-reactive ketones (excluding diaryl/α,β-unsaturated/α-hetero) is 1. The lowest BCUT2D eigenvalue weighted by Gasteiger charge is -2.04. The van der Waals surface area contributed by atoms with E-state index in [0.29, 0.717) is 0 Å².